The average molecular weight is 375 g/mol. The van der Waals surface area contributed by atoms with E-state index in [0.717, 1.165) is 4.47 Å². The molecule has 0 spiro atoms. The first-order valence-corrected chi connectivity index (χ1v) is 7.88. The van der Waals surface area contributed by atoms with Crippen LogP contribution in [0.2, 0.25) is 0 Å². The standard InChI is InChI=1S/C16H15BrN4O2/c1-2-15(22)19-13-5-3-4-11(6-13)16(23)20-9-14(10-20)21-8-12(17)7-18-21/h2-8,14H,1,9-10H2,(H,19,22). The van der Waals surface area contributed by atoms with Crippen molar-refractivity contribution in [2.45, 2.75) is 6.04 Å². The van der Waals surface area contributed by atoms with Gasteiger partial charge in [0.05, 0.1) is 16.7 Å². The number of likely N-dealkylation sites (tertiary alicyclic amines) is 1. The van der Waals surface area contributed by atoms with Crippen LogP contribution < -0.4 is 5.32 Å². The molecule has 23 heavy (non-hydrogen) atoms. The van der Waals surface area contributed by atoms with Crippen LogP contribution in [0.3, 0.4) is 0 Å². The van der Waals surface area contributed by atoms with Gasteiger partial charge in [-0.15, -0.1) is 0 Å². The minimum Gasteiger partial charge on any atom is -0.334 e. The molecule has 0 aliphatic carbocycles. The molecule has 3 rings (SSSR count). The number of hydrogen-bond acceptors (Lipinski definition) is 3. The maximum atomic E-state index is 12.5. The van der Waals surface area contributed by atoms with Crippen molar-refractivity contribution >= 4 is 33.4 Å². The summed E-state index contributed by atoms with van der Waals surface area (Å²) in [6.07, 6.45) is 4.82. The molecule has 0 bridgehead atoms. The van der Waals surface area contributed by atoms with Crippen molar-refractivity contribution in [3.8, 4) is 0 Å². The molecule has 2 aromatic rings. The van der Waals surface area contributed by atoms with Crippen LogP contribution >= 0.6 is 15.9 Å². The van der Waals surface area contributed by atoms with Gasteiger partial charge in [-0.2, -0.15) is 5.10 Å². The molecule has 1 aromatic heterocycles. The Labute approximate surface area is 141 Å². The minimum absolute atomic E-state index is 0.0535. The lowest BCUT2D eigenvalue weighted by Gasteiger charge is -2.39. The predicted octanol–water partition coefficient (Wildman–Crippen LogP) is 2.47. The van der Waals surface area contributed by atoms with Gasteiger partial charge in [-0.25, -0.2) is 0 Å². The van der Waals surface area contributed by atoms with Crippen molar-refractivity contribution in [3.63, 3.8) is 0 Å². The third-order valence-electron chi connectivity index (χ3n) is 3.66. The van der Waals surface area contributed by atoms with Crippen molar-refractivity contribution in [1.29, 1.82) is 0 Å². The van der Waals surface area contributed by atoms with E-state index in [1.54, 1.807) is 35.4 Å². The van der Waals surface area contributed by atoms with Crippen molar-refractivity contribution in [2.24, 2.45) is 0 Å². The van der Waals surface area contributed by atoms with Gasteiger partial charge >= 0.3 is 0 Å². The largest absolute Gasteiger partial charge is 0.334 e. The van der Waals surface area contributed by atoms with Crippen LogP contribution in [0.4, 0.5) is 5.69 Å². The summed E-state index contributed by atoms with van der Waals surface area (Å²) in [6.45, 7) is 4.65. The second-order valence-electron chi connectivity index (χ2n) is 5.28. The van der Waals surface area contributed by atoms with Gasteiger partial charge in [0.2, 0.25) is 5.91 Å². The molecule has 2 amide bonds. The Kier molecular flexibility index (Phi) is 4.29. The van der Waals surface area contributed by atoms with E-state index in [9.17, 15) is 9.59 Å². The highest BCUT2D eigenvalue weighted by atomic mass is 79.9. The number of carbonyl (C=O) groups is 2. The Morgan fingerprint density at radius 3 is 2.83 bits per heavy atom. The quantitative estimate of drug-likeness (QED) is 0.835. The average Bonchev–Trinajstić information content (AvgIpc) is 2.92. The van der Waals surface area contributed by atoms with Gasteiger partial charge in [-0.05, 0) is 40.2 Å². The van der Waals surface area contributed by atoms with Crippen LogP contribution in [0.25, 0.3) is 0 Å². The number of halogens is 1. The highest BCUT2D eigenvalue weighted by Gasteiger charge is 2.32. The topological polar surface area (TPSA) is 67.2 Å². The smallest absolute Gasteiger partial charge is 0.254 e. The van der Waals surface area contributed by atoms with Crippen LogP contribution in [0.1, 0.15) is 16.4 Å². The lowest BCUT2D eigenvalue weighted by Crippen LogP contribution is -2.50. The highest BCUT2D eigenvalue weighted by Crippen LogP contribution is 2.24. The summed E-state index contributed by atoms with van der Waals surface area (Å²) in [5, 5.41) is 6.89. The number of hydrogen-bond donors (Lipinski definition) is 1. The number of nitrogens with zero attached hydrogens (tertiary/aromatic N) is 3. The van der Waals surface area contributed by atoms with Gasteiger partial charge in [0, 0.05) is 30.5 Å². The molecule has 1 saturated heterocycles. The molecule has 1 aliphatic heterocycles. The number of benzene rings is 1. The molecule has 1 aromatic carbocycles. The monoisotopic (exact) mass is 374 g/mol. The van der Waals surface area contributed by atoms with Crippen LogP contribution in [-0.2, 0) is 4.79 Å². The van der Waals surface area contributed by atoms with E-state index in [0.29, 0.717) is 24.3 Å². The van der Waals surface area contributed by atoms with E-state index in [4.69, 9.17) is 0 Å². The van der Waals surface area contributed by atoms with E-state index >= 15 is 0 Å². The molecule has 1 aliphatic rings. The lowest BCUT2D eigenvalue weighted by atomic mass is 10.1. The van der Waals surface area contributed by atoms with Gasteiger partial charge in [-0.3, -0.25) is 14.3 Å². The number of nitrogens with one attached hydrogen (secondary N) is 1. The predicted molar refractivity (Wildman–Crippen MR) is 90.1 cm³/mol. The summed E-state index contributed by atoms with van der Waals surface area (Å²) in [7, 11) is 0. The molecule has 0 atom stereocenters. The summed E-state index contributed by atoms with van der Waals surface area (Å²) < 4.78 is 2.78. The first-order chi connectivity index (χ1) is 11.1. The molecule has 118 valence electrons. The van der Waals surface area contributed by atoms with Gasteiger partial charge in [0.1, 0.15) is 0 Å². The Morgan fingerprint density at radius 2 is 2.17 bits per heavy atom. The van der Waals surface area contributed by atoms with Crippen LogP contribution in [-0.4, -0.2) is 39.6 Å². The second kappa shape index (κ2) is 6.37. The van der Waals surface area contributed by atoms with E-state index in [-0.39, 0.29) is 17.9 Å². The number of rotatable bonds is 4. The number of carbonyl (C=O) groups excluding carboxylic acids is 2. The molecule has 0 radical (unpaired) electrons. The van der Waals surface area contributed by atoms with E-state index in [1.165, 1.54) is 6.08 Å². The van der Waals surface area contributed by atoms with Crippen LogP contribution in [0.15, 0.2) is 53.8 Å². The zero-order chi connectivity index (χ0) is 16.4. The first-order valence-electron chi connectivity index (χ1n) is 7.09. The highest BCUT2D eigenvalue weighted by molar-refractivity contribution is 9.10. The molecule has 1 fully saturated rings. The summed E-state index contributed by atoms with van der Waals surface area (Å²) in [5.41, 5.74) is 1.13. The summed E-state index contributed by atoms with van der Waals surface area (Å²) in [5.74, 6) is -0.356. The zero-order valence-electron chi connectivity index (χ0n) is 12.3. The molecule has 2 heterocycles. The minimum atomic E-state index is -0.303. The number of amides is 2. The second-order valence-corrected chi connectivity index (χ2v) is 6.19. The normalized spacial score (nSPS) is 14.2. The molecular weight excluding hydrogens is 360 g/mol. The summed E-state index contributed by atoms with van der Waals surface area (Å²) in [6, 6.07) is 7.09. The summed E-state index contributed by atoms with van der Waals surface area (Å²) in [4.78, 5) is 25.6. The molecule has 7 heteroatoms. The van der Waals surface area contributed by atoms with E-state index in [2.05, 4.69) is 32.9 Å². The SMILES string of the molecule is C=CC(=O)Nc1cccc(C(=O)N2CC(n3cc(Br)cn3)C2)c1. The molecule has 6 nitrogen and oxygen atoms in total. The van der Waals surface area contributed by atoms with Crippen molar-refractivity contribution in [1.82, 2.24) is 14.7 Å². The molecular formula is C16H15BrN4O2. The maximum absolute atomic E-state index is 12.5. The Bertz CT molecular complexity index is 765. The maximum Gasteiger partial charge on any atom is 0.254 e. The van der Waals surface area contributed by atoms with Crippen molar-refractivity contribution in [2.75, 3.05) is 18.4 Å². The fraction of sp³-hybridized carbons (Fsp3) is 0.188. The van der Waals surface area contributed by atoms with Crippen LogP contribution in [0, 0.1) is 0 Å². The third-order valence-corrected chi connectivity index (χ3v) is 4.07. The van der Waals surface area contributed by atoms with Gasteiger partial charge in [-0.1, -0.05) is 12.6 Å². The van der Waals surface area contributed by atoms with Gasteiger partial charge in [0.15, 0.2) is 0 Å². The first kappa shape index (κ1) is 15.5. The summed E-state index contributed by atoms with van der Waals surface area (Å²) >= 11 is 3.36. The fourth-order valence-corrected chi connectivity index (χ4v) is 2.71. The molecule has 1 N–H and O–H groups in total. The number of aromatic nitrogens is 2. The van der Waals surface area contributed by atoms with Crippen LogP contribution in [0.5, 0.6) is 0 Å². The Hall–Kier alpha value is -2.41. The van der Waals surface area contributed by atoms with E-state index in [1.807, 2.05) is 10.9 Å². The zero-order valence-corrected chi connectivity index (χ0v) is 13.9. The van der Waals surface area contributed by atoms with Crippen molar-refractivity contribution < 1.29 is 9.59 Å². The Balaban J connectivity index is 1.64. The van der Waals surface area contributed by atoms with Gasteiger partial charge in [0.25, 0.3) is 5.91 Å². The molecule has 0 unspecified atom stereocenters. The lowest BCUT2D eigenvalue weighted by molar-refractivity contribution is -0.111. The van der Waals surface area contributed by atoms with E-state index < -0.39 is 0 Å². The molecule has 0 saturated carbocycles. The fourth-order valence-electron chi connectivity index (χ4n) is 2.41. The number of anilines is 1. The third kappa shape index (κ3) is 3.34. The Morgan fingerprint density at radius 1 is 1.39 bits per heavy atom. The van der Waals surface area contributed by atoms with Gasteiger partial charge < -0.3 is 10.2 Å². The van der Waals surface area contributed by atoms with Crippen molar-refractivity contribution in [3.05, 3.63) is 59.4 Å².